The third kappa shape index (κ3) is 6.90. The van der Waals surface area contributed by atoms with E-state index in [4.69, 9.17) is 9.47 Å². The molecular weight excluding hydrogens is 425 g/mol. The summed E-state index contributed by atoms with van der Waals surface area (Å²) in [4.78, 5) is 30.2. The molecule has 1 heterocycles. The second-order valence-electron chi connectivity index (χ2n) is 6.95. The molecule has 0 atom stereocenters. The number of aromatic nitrogens is 1. The van der Waals surface area contributed by atoms with Gasteiger partial charge in [-0.1, -0.05) is 12.1 Å². The van der Waals surface area contributed by atoms with Crippen molar-refractivity contribution in [3.8, 4) is 17.2 Å². The van der Waals surface area contributed by atoms with Crippen molar-refractivity contribution in [1.82, 2.24) is 9.88 Å². The van der Waals surface area contributed by atoms with E-state index in [2.05, 4.69) is 10.3 Å². The minimum Gasteiger partial charge on any atom is -0.497 e. The van der Waals surface area contributed by atoms with Crippen LogP contribution in [0, 0.1) is 5.82 Å². The summed E-state index contributed by atoms with van der Waals surface area (Å²) in [6, 6.07) is 14.7. The minimum atomic E-state index is -0.571. The van der Waals surface area contributed by atoms with Crippen molar-refractivity contribution >= 4 is 23.6 Å². The maximum atomic E-state index is 14.4. The summed E-state index contributed by atoms with van der Waals surface area (Å²) in [5.74, 6) is -0.192. The number of nitrogens with one attached hydrogen (secondary N) is 1. The fourth-order valence-electron chi connectivity index (χ4n) is 2.93. The van der Waals surface area contributed by atoms with E-state index >= 15 is 0 Å². The number of carbonyl (C=O) groups is 2. The van der Waals surface area contributed by atoms with Crippen LogP contribution in [0.2, 0.25) is 0 Å². The van der Waals surface area contributed by atoms with Gasteiger partial charge < -0.3 is 19.7 Å². The molecule has 0 saturated heterocycles. The van der Waals surface area contributed by atoms with E-state index in [1.54, 1.807) is 55.6 Å². The van der Waals surface area contributed by atoms with Gasteiger partial charge in [-0.25, -0.2) is 4.39 Å². The summed E-state index contributed by atoms with van der Waals surface area (Å²) in [5.41, 5.74) is 1.05. The molecule has 0 aliphatic carbocycles. The number of rotatable bonds is 9. The van der Waals surface area contributed by atoms with Gasteiger partial charge in [0.15, 0.2) is 11.6 Å². The number of anilines is 1. The standard InChI is InChI=1S/C25H24FN3O4/c1-3-29(17-24(30)28-19-6-4-7-20(15-19)32-2)25(31)12-10-18-9-11-23(22(26)14-18)33-21-8-5-13-27-16-21/h4-16H,3,17H2,1-2H3,(H,28,30)/b12-10+. The number of amides is 2. The summed E-state index contributed by atoms with van der Waals surface area (Å²) in [6.07, 6.45) is 5.87. The number of likely N-dealkylation sites (N-methyl/N-ethyl adjacent to an activating group) is 1. The Morgan fingerprint density at radius 2 is 1.94 bits per heavy atom. The van der Waals surface area contributed by atoms with Gasteiger partial charge in [0.2, 0.25) is 11.8 Å². The van der Waals surface area contributed by atoms with E-state index in [0.717, 1.165) is 0 Å². The zero-order chi connectivity index (χ0) is 23.6. The number of halogens is 1. The molecular formula is C25H24FN3O4. The Hall–Kier alpha value is -4.20. The lowest BCUT2D eigenvalue weighted by Gasteiger charge is -2.18. The summed E-state index contributed by atoms with van der Waals surface area (Å²) >= 11 is 0. The molecule has 2 amide bonds. The van der Waals surface area contributed by atoms with E-state index in [-0.39, 0.29) is 24.1 Å². The van der Waals surface area contributed by atoms with Crippen LogP contribution in [-0.2, 0) is 9.59 Å². The molecule has 170 valence electrons. The molecule has 3 rings (SSSR count). The van der Waals surface area contributed by atoms with Gasteiger partial charge >= 0.3 is 0 Å². The number of pyridine rings is 1. The Balaban J connectivity index is 1.59. The number of benzene rings is 2. The van der Waals surface area contributed by atoms with Crippen LogP contribution < -0.4 is 14.8 Å². The minimum absolute atomic E-state index is 0.0517. The molecule has 0 spiro atoms. The molecule has 1 N–H and O–H groups in total. The van der Waals surface area contributed by atoms with Gasteiger partial charge in [0.1, 0.15) is 18.0 Å². The maximum Gasteiger partial charge on any atom is 0.247 e. The molecule has 1 aromatic heterocycles. The molecule has 0 fully saturated rings. The van der Waals surface area contributed by atoms with Crippen LogP contribution in [0.3, 0.4) is 0 Å². The Morgan fingerprint density at radius 1 is 1.12 bits per heavy atom. The summed E-state index contributed by atoms with van der Waals surface area (Å²) < 4.78 is 25.0. The lowest BCUT2D eigenvalue weighted by atomic mass is 10.2. The molecule has 3 aromatic rings. The second-order valence-corrected chi connectivity index (χ2v) is 6.95. The van der Waals surface area contributed by atoms with Crippen LogP contribution in [0.5, 0.6) is 17.2 Å². The molecule has 0 aliphatic rings. The smallest absolute Gasteiger partial charge is 0.247 e. The Labute approximate surface area is 191 Å². The fourth-order valence-corrected chi connectivity index (χ4v) is 2.93. The number of ether oxygens (including phenoxy) is 2. The van der Waals surface area contributed by atoms with Crippen molar-refractivity contribution in [3.05, 3.63) is 84.4 Å². The van der Waals surface area contributed by atoms with E-state index in [1.807, 2.05) is 0 Å². The van der Waals surface area contributed by atoms with Crippen LogP contribution >= 0.6 is 0 Å². The highest BCUT2D eigenvalue weighted by atomic mass is 19.1. The summed E-state index contributed by atoms with van der Waals surface area (Å²) in [6.45, 7) is 1.99. The van der Waals surface area contributed by atoms with Crippen molar-refractivity contribution in [1.29, 1.82) is 0 Å². The quantitative estimate of drug-likeness (QED) is 0.486. The van der Waals surface area contributed by atoms with E-state index < -0.39 is 5.82 Å². The first-order valence-electron chi connectivity index (χ1n) is 10.3. The maximum absolute atomic E-state index is 14.4. The molecule has 0 unspecified atom stereocenters. The van der Waals surface area contributed by atoms with Gasteiger partial charge in [0.05, 0.1) is 13.3 Å². The van der Waals surface area contributed by atoms with Gasteiger partial charge in [0.25, 0.3) is 0 Å². The second kappa shape index (κ2) is 11.4. The first kappa shape index (κ1) is 23.5. The van der Waals surface area contributed by atoms with Crippen molar-refractivity contribution < 1.29 is 23.5 Å². The Morgan fingerprint density at radius 3 is 2.64 bits per heavy atom. The third-order valence-corrected chi connectivity index (χ3v) is 4.62. The number of methoxy groups -OCH3 is 1. The highest BCUT2D eigenvalue weighted by molar-refractivity contribution is 5.98. The average Bonchev–Trinajstić information content (AvgIpc) is 2.83. The lowest BCUT2D eigenvalue weighted by molar-refractivity contribution is -0.130. The predicted octanol–water partition coefficient (Wildman–Crippen LogP) is 4.52. The first-order valence-corrected chi connectivity index (χ1v) is 10.3. The van der Waals surface area contributed by atoms with Gasteiger partial charge in [-0.3, -0.25) is 14.6 Å². The van der Waals surface area contributed by atoms with Crippen LogP contribution in [0.1, 0.15) is 12.5 Å². The highest BCUT2D eigenvalue weighted by Crippen LogP contribution is 2.25. The third-order valence-electron chi connectivity index (χ3n) is 4.62. The van der Waals surface area contributed by atoms with Gasteiger partial charge in [-0.05, 0) is 55.0 Å². The molecule has 7 nitrogen and oxygen atoms in total. The van der Waals surface area contributed by atoms with Gasteiger partial charge in [-0.2, -0.15) is 0 Å². The predicted molar refractivity (Wildman–Crippen MR) is 124 cm³/mol. The molecule has 0 radical (unpaired) electrons. The number of hydrogen-bond donors (Lipinski definition) is 1. The van der Waals surface area contributed by atoms with Crippen LogP contribution in [0.25, 0.3) is 6.08 Å². The lowest BCUT2D eigenvalue weighted by Crippen LogP contribution is -2.36. The van der Waals surface area contributed by atoms with E-state index in [0.29, 0.717) is 29.3 Å². The Kier molecular flexibility index (Phi) is 8.13. The van der Waals surface area contributed by atoms with E-state index in [1.165, 1.54) is 42.5 Å². The van der Waals surface area contributed by atoms with Gasteiger partial charge in [0, 0.05) is 30.6 Å². The number of hydrogen-bond acceptors (Lipinski definition) is 5. The number of nitrogens with zero attached hydrogens (tertiary/aromatic N) is 2. The summed E-state index contributed by atoms with van der Waals surface area (Å²) in [5, 5.41) is 2.74. The largest absolute Gasteiger partial charge is 0.497 e. The molecule has 2 aromatic carbocycles. The highest BCUT2D eigenvalue weighted by Gasteiger charge is 2.14. The first-order chi connectivity index (χ1) is 16.0. The van der Waals surface area contributed by atoms with Gasteiger partial charge in [-0.15, -0.1) is 0 Å². The molecule has 33 heavy (non-hydrogen) atoms. The molecule has 0 aliphatic heterocycles. The van der Waals surface area contributed by atoms with Crippen molar-refractivity contribution in [3.63, 3.8) is 0 Å². The topological polar surface area (TPSA) is 80.8 Å². The Bertz CT molecular complexity index is 1140. The monoisotopic (exact) mass is 449 g/mol. The van der Waals surface area contributed by atoms with E-state index in [9.17, 15) is 14.0 Å². The average molecular weight is 449 g/mol. The zero-order valence-electron chi connectivity index (χ0n) is 18.3. The molecule has 0 saturated carbocycles. The van der Waals surface area contributed by atoms with Crippen molar-refractivity contribution in [2.24, 2.45) is 0 Å². The van der Waals surface area contributed by atoms with Crippen LogP contribution in [-0.4, -0.2) is 41.9 Å². The zero-order valence-corrected chi connectivity index (χ0v) is 18.3. The van der Waals surface area contributed by atoms with Crippen LogP contribution in [0.4, 0.5) is 10.1 Å². The SMILES string of the molecule is CCN(CC(=O)Nc1cccc(OC)c1)C(=O)/C=C/c1ccc(Oc2cccnc2)c(F)c1. The fraction of sp³-hybridized carbons (Fsp3) is 0.160. The number of carbonyl (C=O) groups excluding carboxylic acids is 2. The molecule has 8 heteroatoms. The molecule has 0 bridgehead atoms. The van der Waals surface area contributed by atoms with Crippen molar-refractivity contribution in [2.45, 2.75) is 6.92 Å². The summed E-state index contributed by atoms with van der Waals surface area (Å²) in [7, 11) is 1.54. The van der Waals surface area contributed by atoms with Crippen LogP contribution in [0.15, 0.2) is 73.1 Å². The van der Waals surface area contributed by atoms with Crippen molar-refractivity contribution in [2.75, 3.05) is 25.5 Å². The normalized spacial score (nSPS) is 10.6.